The third kappa shape index (κ3) is 3.92. The van der Waals surface area contributed by atoms with Crippen LogP contribution in [0.1, 0.15) is 42.9 Å². The zero-order chi connectivity index (χ0) is 17.1. The Morgan fingerprint density at radius 2 is 1.52 bits per heavy atom. The van der Waals surface area contributed by atoms with Gasteiger partial charge in [-0.15, -0.1) is 0 Å². The van der Waals surface area contributed by atoms with Crippen molar-refractivity contribution in [3.05, 3.63) is 70.7 Å². The quantitative estimate of drug-likeness (QED) is 0.766. The van der Waals surface area contributed by atoms with E-state index < -0.39 is 0 Å². The van der Waals surface area contributed by atoms with Gasteiger partial charge < -0.3 is 0 Å². The SMILES string of the molecule is Clc1ccc(C(c2ccccc2)N2CCCN3CCCCC3C2)cc1. The molecule has 2 aliphatic rings. The lowest BCUT2D eigenvalue weighted by Crippen LogP contribution is -2.44. The Morgan fingerprint density at radius 3 is 2.32 bits per heavy atom. The van der Waals surface area contributed by atoms with Crippen LogP contribution >= 0.6 is 11.6 Å². The molecule has 0 aromatic heterocycles. The van der Waals surface area contributed by atoms with Gasteiger partial charge in [-0.3, -0.25) is 9.80 Å². The van der Waals surface area contributed by atoms with E-state index >= 15 is 0 Å². The Kier molecular flexibility index (Phi) is 5.40. The van der Waals surface area contributed by atoms with Gasteiger partial charge in [0.2, 0.25) is 0 Å². The summed E-state index contributed by atoms with van der Waals surface area (Å²) in [6.07, 6.45) is 5.35. The minimum absolute atomic E-state index is 0.320. The predicted molar refractivity (Wildman–Crippen MR) is 105 cm³/mol. The summed E-state index contributed by atoms with van der Waals surface area (Å²) in [5.74, 6) is 0. The van der Waals surface area contributed by atoms with Gasteiger partial charge in [-0.2, -0.15) is 0 Å². The molecule has 2 heterocycles. The first kappa shape index (κ1) is 17.1. The minimum atomic E-state index is 0.320. The van der Waals surface area contributed by atoms with Crippen molar-refractivity contribution in [3.63, 3.8) is 0 Å². The number of rotatable bonds is 3. The maximum Gasteiger partial charge on any atom is 0.0602 e. The first-order chi connectivity index (χ1) is 12.3. The van der Waals surface area contributed by atoms with Crippen LogP contribution in [-0.2, 0) is 0 Å². The van der Waals surface area contributed by atoms with Gasteiger partial charge in [-0.05, 0) is 55.6 Å². The van der Waals surface area contributed by atoms with Crippen LogP contribution in [0.25, 0.3) is 0 Å². The fraction of sp³-hybridized carbons (Fsp3) is 0.455. The Bertz CT molecular complexity index is 670. The van der Waals surface area contributed by atoms with Crippen molar-refractivity contribution in [2.75, 3.05) is 26.2 Å². The van der Waals surface area contributed by atoms with Crippen molar-refractivity contribution in [3.8, 4) is 0 Å². The topological polar surface area (TPSA) is 6.48 Å². The molecule has 2 nitrogen and oxygen atoms in total. The lowest BCUT2D eigenvalue weighted by atomic mass is 9.95. The molecule has 0 amide bonds. The molecule has 0 aliphatic carbocycles. The number of halogens is 1. The van der Waals surface area contributed by atoms with Gasteiger partial charge in [0.1, 0.15) is 0 Å². The summed E-state index contributed by atoms with van der Waals surface area (Å²) in [7, 11) is 0. The van der Waals surface area contributed by atoms with E-state index in [0.717, 1.165) is 17.6 Å². The van der Waals surface area contributed by atoms with E-state index in [1.54, 1.807) is 0 Å². The van der Waals surface area contributed by atoms with Crippen molar-refractivity contribution < 1.29 is 0 Å². The van der Waals surface area contributed by atoms with Crippen LogP contribution in [0.15, 0.2) is 54.6 Å². The summed E-state index contributed by atoms with van der Waals surface area (Å²) in [4.78, 5) is 5.43. The molecule has 3 heteroatoms. The summed E-state index contributed by atoms with van der Waals surface area (Å²) < 4.78 is 0. The number of piperidine rings is 1. The lowest BCUT2D eigenvalue weighted by Gasteiger charge is -2.38. The fourth-order valence-corrected chi connectivity index (χ4v) is 4.66. The Morgan fingerprint density at radius 1 is 0.800 bits per heavy atom. The van der Waals surface area contributed by atoms with E-state index in [4.69, 9.17) is 11.6 Å². The predicted octanol–water partition coefficient (Wildman–Crippen LogP) is 4.99. The molecule has 0 N–H and O–H groups in total. The lowest BCUT2D eigenvalue weighted by molar-refractivity contribution is 0.127. The average Bonchev–Trinajstić information content (AvgIpc) is 2.87. The first-order valence-electron chi connectivity index (χ1n) is 9.60. The molecule has 0 saturated carbocycles. The Hall–Kier alpha value is -1.35. The van der Waals surface area contributed by atoms with Gasteiger partial charge in [-0.1, -0.05) is 60.5 Å². The van der Waals surface area contributed by atoms with Gasteiger partial charge >= 0.3 is 0 Å². The Balaban J connectivity index is 1.66. The molecule has 25 heavy (non-hydrogen) atoms. The summed E-state index contributed by atoms with van der Waals surface area (Å²) >= 11 is 6.15. The summed E-state index contributed by atoms with van der Waals surface area (Å²) in [5.41, 5.74) is 2.73. The molecule has 2 unspecified atom stereocenters. The number of nitrogens with zero attached hydrogens (tertiary/aromatic N) is 2. The maximum absolute atomic E-state index is 6.15. The highest BCUT2D eigenvalue weighted by Crippen LogP contribution is 2.32. The summed E-state index contributed by atoms with van der Waals surface area (Å²) in [5, 5.41) is 0.810. The van der Waals surface area contributed by atoms with Gasteiger partial charge in [0, 0.05) is 24.2 Å². The molecule has 0 spiro atoms. The fourth-order valence-electron chi connectivity index (χ4n) is 4.53. The minimum Gasteiger partial charge on any atom is -0.299 e. The van der Waals surface area contributed by atoms with Crippen LogP contribution < -0.4 is 0 Å². The van der Waals surface area contributed by atoms with Crippen molar-refractivity contribution in [2.24, 2.45) is 0 Å². The van der Waals surface area contributed by atoms with Crippen molar-refractivity contribution in [2.45, 2.75) is 37.8 Å². The second-order valence-electron chi connectivity index (χ2n) is 7.40. The standard InChI is InChI=1S/C22H27ClN2/c23-20-12-10-19(11-13-20)22(18-7-2-1-3-8-18)25-16-6-15-24-14-5-4-9-21(24)17-25/h1-3,7-8,10-13,21-22H,4-6,9,14-17H2. The molecule has 2 fully saturated rings. The van der Waals surface area contributed by atoms with Crippen LogP contribution in [-0.4, -0.2) is 42.0 Å². The molecule has 2 atom stereocenters. The third-order valence-electron chi connectivity index (χ3n) is 5.75. The maximum atomic E-state index is 6.15. The van der Waals surface area contributed by atoms with Gasteiger partial charge in [0.05, 0.1) is 6.04 Å². The molecule has 2 aromatic rings. The zero-order valence-electron chi connectivity index (χ0n) is 14.8. The van der Waals surface area contributed by atoms with Gasteiger partial charge in [-0.25, -0.2) is 0 Å². The monoisotopic (exact) mass is 354 g/mol. The van der Waals surface area contributed by atoms with E-state index in [2.05, 4.69) is 52.3 Å². The highest BCUT2D eigenvalue weighted by molar-refractivity contribution is 6.30. The van der Waals surface area contributed by atoms with E-state index in [-0.39, 0.29) is 0 Å². The summed E-state index contributed by atoms with van der Waals surface area (Å²) in [6.45, 7) is 4.87. The van der Waals surface area contributed by atoms with Gasteiger partial charge in [0.15, 0.2) is 0 Å². The summed E-state index contributed by atoms with van der Waals surface area (Å²) in [6, 6.07) is 20.4. The molecule has 2 aliphatic heterocycles. The number of fused-ring (bicyclic) bond motifs is 1. The smallest absolute Gasteiger partial charge is 0.0602 e. The van der Waals surface area contributed by atoms with Crippen LogP contribution in [0, 0.1) is 0 Å². The Labute approximate surface area is 156 Å². The van der Waals surface area contributed by atoms with Crippen molar-refractivity contribution in [1.82, 2.24) is 9.80 Å². The molecule has 0 bridgehead atoms. The van der Waals surface area contributed by atoms with Gasteiger partial charge in [0.25, 0.3) is 0 Å². The normalized spacial score (nSPS) is 23.6. The molecular weight excluding hydrogens is 328 g/mol. The largest absolute Gasteiger partial charge is 0.299 e. The van der Waals surface area contributed by atoms with Crippen molar-refractivity contribution in [1.29, 1.82) is 0 Å². The average molecular weight is 355 g/mol. The highest BCUT2D eigenvalue weighted by atomic mass is 35.5. The van der Waals surface area contributed by atoms with Crippen molar-refractivity contribution >= 4 is 11.6 Å². The van der Waals surface area contributed by atoms with Crippen LogP contribution in [0.3, 0.4) is 0 Å². The number of hydrogen-bond donors (Lipinski definition) is 0. The molecule has 132 valence electrons. The van der Waals surface area contributed by atoms with E-state index in [1.165, 1.54) is 56.4 Å². The molecule has 0 radical (unpaired) electrons. The van der Waals surface area contributed by atoms with Crippen LogP contribution in [0.2, 0.25) is 5.02 Å². The van der Waals surface area contributed by atoms with E-state index in [0.29, 0.717) is 6.04 Å². The molecule has 2 aromatic carbocycles. The molecule has 4 rings (SSSR count). The second kappa shape index (κ2) is 7.90. The second-order valence-corrected chi connectivity index (χ2v) is 7.84. The van der Waals surface area contributed by atoms with Crippen LogP contribution in [0.5, 0.6) is 0 Å². The zero-order valence-corrected chi connectivity index (χ0v) is 15.5. The molecule has 2 saturated heterocycles. The highest BCUT2D eigenvalue weighted by Gasteiger charge is 2.31. The number of hydrogen-bond acceptors (Lipinski definition) is 2. The first-order valence-corrected chi connectivity index (χ1v) is 9.97. The van der Waals surface area contributed by atoms with Crippen LogP contribution in [0.4, 0.5) is 0 Å². The third-order valence-corrected chi connectivity index (χ3v) is 6.00. The van der Waals surface area contributed by atoms with E-state index in [9.17, 15) is 0 Å². The molecular formula is C22H27ClN2. The number of benzene rings is 2. The van der Waals surface area contributed by atoms with E-state index in [1.807, 2.05) is 12.1 Å².